The van der Waals surface area contributed by atoms with Crippen molar-refractivity contribution in [3.05, 3.63) is 34.3 Å². The molecule has 16 heavy (non-hydrogen) atoms. The summed E-state index contributed by atoms with van der Waals surface area (Å²) in [6.07, 6.45) is 3.13. The van der Waals surface area contributed by atoms with Gasteiger partial charge in [-0.05, 0) is 24.1 Å². The molecule has 1 aromatic carbocycles. The molecule has 1 unspecified atom stereocenters. The van der Waals surface area contributed by atoms with E-state index in [9.17, 15) is 5.11 Å². The minimum absolute atomic E-state index is 0.545. The van der Waals surface area contributed by atoms with Crippen molar-refractivity contribution in [1.82, 2.24) is 0 Å². The van der Waals surface area contributed by atoms with E-state index in [0.29, 0.717) is 0 Å². The van der Waals surface area contributed by atoms with Crippen molar-refractivity contribution in [3.8, 4) is 0 Å². The molecule has 0 aromatic heterocycles. The number of rotatable bonds is 5. The van der Waals surface area contributed by atoms with Crippen LogP contribution in [0.5, 0.6) is 0 Å². The number of aliphatic hydroxyl groups is 1. The van der Waals surface area contributed by atoms with Gasteiger partial charge in [0.15, 0.2) is 0 Å². The fraction of sp³-hybridized carbons (Fsp3) is 0.538. The Morgan fingerprint density at radius 3 is 2.25 bits per heavy atom. The van der Waals surface area contributed by atoms with Crippen LogP contribution in [0.2, 0.25) is 13.1 Å². The Bertz CT molecular complexity index is 323. The quantitative estimate of drug-likeness (QED) is 0.819. The second kappa shape index (κ2) is 5.99. The van der Waals surface area contributed by atoms with Gasteiger partial charge in [0.2, 0.25) is 0 Å². The zero-order chi connectivity index (χ0) is 12.2. The zero-order valence-corrected chi connectivity index (χ0v) is 13.1. The molecule has 0 radical (unpaired) electrons. The van der Waals surface area contributed by atoms with Crippen molar-refractivity contribution in [2.45, 2.75) is 44.5 Å². The lowest BCUT2D eigenvalue weighted by molar-refractivity contribution is 0.106. The lowest BCUT2D eigenvalue weighted by atomic mass is 10.0. The second-order valence-corrected chi connectivity index (χ2v) is 8.87. The second-order valence-electron chi connectivity index (χ2n) is 4.69. The molecular formula is C13H21BrOSi. The molecule has 1 atom stereocenters. The van der Waals surface area contributed by atoms with E-state index in [0.717, 1.165) is 29.3 Å². The summed E-state index contributed by atoms with van der Waals surface area (Å²) in [7, 11) is -1.13. The minimum Gasteiger partial charge on any atom is -0.389 e. The van der Waals surface area contributed by atoms with Gasteiger partial charge in [0.05, 0.1) is 14.0 Å². The van der Waals surface area contributed by atoms with Crippen molar-refractivity contribution in [1.29, 1.82) is 0 Å². The summed E-state index contributed by atoms with van der Waals surface area (Å²) in [5.74, 6) is 0. The van der Waals surface area contributed by atoms with Gasteiger partial charge in [0.25, 0.3) is 0 Å². The molecule has 0 saturated carbocycles. The summed E-state index contributed by atoms with van der Waals surface area (Å²) >= 11 is 3.43. The lowest BCUT2D eigenvalue weighted by Crippen LogP contribution is -2.39. The predicted octanol–water partition coefficient (Wildman–Crippen LogP) is 3.85. The Hall–Kier alpha value is -0.123. The molecule has 0 amide bonds. The van der Waals surface area contributed by atoms with Crippen LogP contribution < -0.4 is 0 Å². The third-order valence-corrected chi connectivity index (χ3v) is 6.27. The van der Waals surface area contributed by atoms with Crippen LogP contribution in [0, 0.1) is 0 Å². The van der Waals surface area contributed by atoms with Crippen molar-refractivity contribution >= 4 is 24.7 Å². The van der Waals surface area contributed by atoms with Crippen LogP contribution in [-0.4, -0.2) is 13.9 Å². The SMILES string of the molecule is CCCCC(O)(c1ccc(Br)cc1)[SiH](C)C. The van der Waals surface area contributed by atoms with Crippen LogP contribution in [-0.2, 0) is 5.22 Å². The number of hydrogen-bond donors (Lipinski definition) is 1. The topological polar surface area (TPSA) is 20.2 Å². The first-order valence-electron chi connectivity index (χ1n) is 5.99. The van der Waals surface area contributed by atoms with Gasteiger partial charge in [0.1, 0.15) is 0 Å². The highest BCUT2D eigenvalue weighted by atomic mass is 79.9. The monoisotopic (exact) mass is 300 g/mol. The van der Waals surface area contributed by atoms with E-state index in [1.807, 2.05) is 24.3 Å². The molecule has 0 heterocycles. The van der Waals surface area contributed by atoms with Crippen LogP contribution in [0.25, 0.3) is 0 Å². The summed E-state index contributed by atoms with van der Waals surface area (Å²) < 4.78 is 1.07. The van der Waals surface area contributed by atoms with Crippen molar-refractivity contribution < 1.29 is 5.11 Å². The van der Waals surface area contributed by atoms with Crippen LogP contribution in [0.4, 0.5) is 0 Å². The molecule has 90 valence electrons. The normalized spacial score (nSPS) is 15.1. The van der Waals surface area contributed by atoms with Gasteiger partial charge in [-0.15, -0.1) is 0 Å². The van der Waals surface area contributed by atoms with Crippen LogP contribution >= 0.6 is 15.9 Å². The fourth-order valence-corrected chi connectivity index (χ4v) is 3.86. The number of halogens is 1. The molecule has 0 bridgehead atoms. The molecule has 0 aliphatic rings. The van der Waals surface area contributed by atoms with Gasteiger partial charge >= 0.3 is 0 Å². The molecule has 0 spiro atoms. The third kappa shape index (κ3) is 3.19. The van der Waals surface area contributed by atoms with E-state index in [1.165, 1.54) is 0 Å². The molecule has 1 N–H and O–H groups in total. The van der Waals surface area contributed by atoms with Gasteiger partial charge < -0.3 is 5.11 Å². The van der Waals surface area contributed by atoms with E-state index in [1.54, 1.807) is 0 Å². The first kappa shape index (κ1) is 13.9. The van der Waals surface area contributed by atoms with Crippen LogP contribution in [0.3, 0.4) is 0 Å². The van der Waals surface area contributed by atoms with E-state index < -0.39 is 14.0 Å². The Labute approximate surface area is 109 Å². The third-order valence-electron chi connectivity index (χ3n) is 3.21. The number of hydrogen-bond acceptors (Lipinski definition) is 1. The van der Waals surface area contributed by atoms with Crippen molar-refractivity contribution in [2.24, 2.45) is 0 Å². The van der Waals surface area contributed by atoms with Gasteiger partial charge in [0, 0.05) is 4.47 Å². The summed E-state index contributed by atoms with van der Waals surface area (Å²) in [5, 5.41) is 10.3. The Kier molecular flexibility index (Phi) is 5.22. The first-order chi connectivity index (χ1) is 7.50. The molecule has 1 nitrogen and oxygen atoms in total. The summed E-state index contributed by atoms with van der Waals surface area (Å²) in [5.41, 5.74) is 1.09. The Balaban J connectivity index is 2.96. The smallest absolute Gasteiger partial charge is 0.0753 e. The molecule has 1 aromatic rings. The Morgan fingerprint density at radius 1 is 1.25 bits per heavy atom. The number of benzene rings is 1. The summed E-state index contributed by atoms with van der Waals surface area (Å²) in [6, 6.07) is 8.13. The molecule has 1 rings (SSSR count). The average molecular weight is 301 g/mol. The zero-order valence-electron chi connectivity index (χ0n) is 10.3. The Morgan fingerprint density at radius 2 is 1.81 bits per heavy atom. The minimum atomic E-state index is -1.13. The maximum Gasteiger partial charge on any atom is 0.0753 e. The standard InChI is InChI=1S/C13H21BrOSi/c1-4-5-10-13(15,16(2)3)11-6-8-12(14)9-7-11/h6-9,15-16H,4-5,10H2,1-3H3. The lowest BCUT2D eigenvalue weighted by Gasteiger charge is -2.32. The van der Waals surface area contributed by atoms with E-state index in [-0.39, 0.29) is 0 Å². The summed E-state index contributed by atoms with van der Waals surface area (Å²) in [4.78, 5) is 0. The average Bonchev–Trinajstić information content (AvgIpc) is 2.26. The molecule has 0 aliphatic carbocycles. The van der Waals surface area contributed by atoms with Gasteiger partial charge in [-0.25, -0.2) is 0 Å². The van der Waals surface area contributed by atoms with Gasteiger partial charge in [-0.3, -0.25) is 0 Å². The molecule has 3 heteroatoms. The fourth-order valence-electron chi connectivity index (χ4n) is 1.95. The van der Waals surface area contributed by atoms with Crippen molar-refractivity contribution in [3.63, 3.8) is 0 Å². The molecule has 0 saturated heterocycles. The van der Waals surface area contributed by atoms with Crippen molar-refractivity contribution in [2.75, 3.05) is 0 Å². The van der Waals surface area contributed by atoms with Crippen LogP contribution in [0.1, 0.15) is 31.7 Å². The molecule has 0 aliphatic heterocycles. The van der Waals surface area contributed by atoms with Crippen LogP contribution in [0.15, 0.2) is 28.7 Å². The van der Waals surface area contributed by atoms with E-state index in [2.05, 4.69) is 35.9 Å². The van der Waals surface area contributed by atoms with E-state index >= 15 is 0 Å². The maximum atomic E-state index is 10.8. The molecular weight excluding hydrogens is 280 g/mol. The highest BCUT2D eigenvalue weighted by Gasteiger charge is 2.32. The first-order valence-corrected chi connectivity index (χ1v) is 9.67. The molecule has 0 fully saturated rings. The highest BCUT2D eigenvalue weighted by molar-refractivity contribution is 9.10. The highest BCUT2D eigenvalue weighted by Crippen LogP contribution is 2.30. The predicted molar refractivity (Wildman–Crippen MR) is 76.4 cm³/mol. The summed E-state index contributed by atoms with van der Waals surface area (Å²) in [6.45, 7) is 6.61. The van der Waals surface area contributed by atoms with Gasteiger partial charge in [-0.2, -0.15) is 0 Å². The largest absolute Gasteiger partial charge is 0.389 e. The number of unbranched alkanes of at least 4 members (excludes halogenated alkanes) is 1. The maximum absolute atomic E-state index is 10.8. The van der Waals surface area contributed by atoms with Gasteiger partial charge in [-0.1, -0.05) is 60.9 Å². The van der Waals surface area contributed by atoms with E-state index in [4.69, 9.17) is 0 Å².